The van der Waals surface area contributed by atoms with Gasteiger partial charge in [0.05, 0.1) is 0 Å². The van der Waals surface area contributed by atoms with Crippen LogP contribution in [0.2, 0.25) is 0 Å². The van der Waals surface area contributed by atoms with Gasteiger partial charge in [0.2, 0.25) is 0 Å². The second-order valence-electron chi connectivity index (χ2n) is 4.75. The second-order valence-corrected chi connectivity index (χ2v) is 6.17. The van der Waals surface area contributed by atoms with E-state index in [0.717, 1.165) is 11.2 Å². The van der Waals surface area contributed by atoms with Crippen molar-refractivity contribution in [3.63, 3.8) is 0 Å². The summed E-state index contributed by atoms with van der Waals surface area (Å²) in [5.74, 6) is 2.37. The lowest BCUT2D eigenvalue weighted by molar-refractivity contribution is 0.129. The standard InChI is InChI=1S/C11H21NS/c1-3-10-7-12-5-4-11(10)6-9(2)13-8-11/h9-10,12H,3-8H2,1-2H3. The van der Waals surface area contributed by atoms with E-state index in [9.17, 15) is 0 Å². The molecule has 0 amide bonds. The fourth-order valence-electron chi connectivity index (χ4n) is 3.07. The molecule has 76 valence electrons. The average Bonchev–Trinajstić information content (AvgIpc) is 2.49. The number of hydrogen-bond donors (Lipinski definition) is 1. The Labute approximate surface area is 86.0 Å². The van der Waals surface area contributed by atoms with Crippen LogP contribution in [0.5, 0.6) is 0 Å². The third-order valence-electron chi connectivity index (χ3n) is 3.90. The van der Waals surface area contributed by atoms with Gasteiger partial charge in [-0.2, -0.15) is 11.8 Å². The molecular formula is C11H21NS. The lowest BCUT2D eigenvalue weighted by atomic mass is 9.68. The Kier molecular flexibility index (Phi) is 2.89. The zero-order chi connectivity index (χ0) is 9.31. The molecule has 1 nitrogen and oxygen atoms in total. The Morgan fingerprint density at radius 3 is 3.00 bits per heavy atom. The smallest absolute Gasteiger partial charge is 0.00246 e. The second kappa shape index (κ2) is 3.82. The van der Waals surface area contributed by atoms with E-state index in [1.165, 1.54) is 38.1 Å². The van der Waals surface area contributed by atoms with Crippen LogP contribution in [0.3, 0.4) is 0 Å². The van der Waals surface area contributed by atoms with Gasteiger partial charge in [-0.05, 0) is 43.0 Å². The molecule has 1 N–H and O–H groups in total. The van der Waals surface area contributed by atoms with Gasteiger partial charge in [-0.15, -0.1) is 0 Å². The summed E-state index contributed by atoms with van der Waals surface area (Å²) in [6.45, 7) is 7.27. The fourth-order valence-corrected chi connectivity index (χ4v) is 4.63. The van der Waals surface area contributed by atoms with Crippen molar-refractivity contribution in [2.45, 2.75) is 38.4 Å². The molecule has 0 aromatic carbocycles. The molecule has 0 saturated carbocycles. The van der Waals surface area contributed by atoms with Crippen LogP contribution < -0.4 is 5.32 Å². The van der Waals surface area contributed by atoms with E-state index in [-0.39, 0.29) is 0 Å². The van der Waals surface area contributed by atoms with E-state index in [2.05, 4.69) is 30.9 Å². The number of rotatable bonds is 1. The summed E-state index contributed by atoms with van der Waals surface area (Å²) in [5, 5.41) is 4.45. The monoisotopic (exact) mass is 199 g/mol. The molecule has 2 heterocycles. The first-order valence-corrected chi connectivity index (χ1v) is 6.64. The van der Waals surface area contributed by atoms with Gasteiger partial charge in [0, 0.05) is 5.25 Å². The van der Waals surface area contributed by atoms with Gasteiger partial charge < -0.3 is 5.32 Å². The molecule has 2 rings (SSSR count). The third kappa shape index (κ3) is 1.75. The number of piperidine rings is 1. The van der Waals surface area contributed by atoms with Crippen molar-refractivity contribution in [3.8, 4) is 0 Å². The minimum absolute atomic E-state index is 0.712. The van der Waals surface area contributed by atoms with Crippen LogP contribution in [0.25, 0.3) is 0 Å². The summed E-state index contributed by atoms with van der Waals surface area (Å²) in [6.07, 6.45) is 4.25. The first kappa shape index (κ1) is 9.85. The Morgan fingerprint density at radius 2 is 2.38 bits per heavy atom. The molecule has 2 fully saturated rings. The van der Waals surface area contributed by atoms with E-state index in [1.807, 2.05) is 0 Å². The highest BCUT2D eigenvalue weighted by atomic mass is 32.2. The van der Waals surface area contributed by atoms with Crippen molar-refractivity contribution >= 4 is 11.8 Å². The van der Waals surface area contributed by atoms with Crippen molar-refractivity contribution in [3.05, 3.63) is 0 Å². The molecule has 13 heavy (non-hydrogen) atoms. The topological polar surface area (TPSA) is 12.0 Å². The minimum atomic E-state index is 0.712. The Morgan fingerprint density at radius 1 is 1.54 bits per heavy atom. The van der Waals surface area contributed by atoms with E-state index in [4.69, 9.17) is 0 Å². The summed E-state index contributed by atoms with van der Waals surface area (Å²) in [7, 11) is 0. The van der Waals surface area contributed by atoms with Crippen molar-refractivity contribution in [2.75, 3.05) is 18.8 Å². The van der Waals surface area contributed by atoms with Gasteiger partial charge >= 0.3 is 0 Å². The quantitative estimate of drug-likeness (QED) is 0.696. The Balaban J connectivity index is 2.08. The van der Waals surface area contributed by atoms with Crippen LogP contribution in [0.1, 0.15) is 33.1 Å². The summed E-state index contributed by atoms with van der Waals surface area (Å²) >= 11 is 2.19. The minimum Gasteiger partial charge on any atom is -0.316 e. The molecular weight excluding hydrogens is 178 g/mol. The van der Waals surface area contributed by atoms with E-state index in [1.54, 1.807) is 0 Å². The largest absolute Gasteiger partial charge is 0.316 e. The fraction of sp³-hybridized carbons (Fsp3) is 1.00. The summed E-state index contributed by atoms with van der Waals surface area (Å²) in [6, 6.07) is 0. The molecule has 2 heteroatoms. The lowest BCUT2D eigenvalue weighted by Crippen LogP contribution is -2.45. The maximum Gasteiger partial charge on any atom is 0.00246 e. The van der Waals surface area contributed by atoms with Crippen molar-refractivity contribution < 1.29 is 0 Å². The molecule has 3 atom stereocenters. The van der Waals surface area contributed by atoms with Crippen LogP contribution >= 0.6 is 11.8 Å². The van der Waals surface area contributed by atoms with Crippen LogP contribution in [0, 0.1) is 11.3 Å². The zero-order valence-electron chi connectivity index (χ0n) is 8.81. The summed E-state index contributed by atoms with van der Waals surface area (Å²) < 4.78 is 0. The normalized spacial score (nSPS) is 45.7. The van der Waals surface area contributed by atoms with Gasteiger partial charge in [0.15, 0.2) is 0 Å². The van der Waals surface area contributed by atoms with Crippen LogP contribution in [-0.2, 0) is 0 Å². The highest BCUT2D eigenvalue weighted by molar-refractivity contribution is 8.00. The van der Waals surface area contributed by atoms with Gasteiger partial charge in [0.25, 0.3) is 0 Å². The van der Waals surface area contributed by atoms with Crippen molar-refractivity contribution in [1.29, 1.82) is 0 Å². The predicted molar refractivity (Wildman–Crippen MR) is 60.2 cm³/mol. The van der Waals surface area contributed by atoms with E-state index >= 15 is 0 Å². The van der Waals surface area contributed by atoms with Gasteiger partial charge in [0.1, 0.15) is 0 Å². The number of thioether (sulfide) groups is 1. The van der Waals surface area contributed by atoms with Crippen molar-refractivity contribution in [2.24, 2.45) is 11.3 Å². The molecule has 2 saturated heterocycles. The van der Waals surface area contributed by atoms with Crippen LogP contribution in [0.4, 0.5) is 0 Å². The first-order chi connectivity index (χ1) is 6.27. The molecule has 2 aliphatic rings. The molecule has 2 aliphatic heterocycles. The van der Waals surface area contributed by atoms with Crippen molar-refractivity contribution in [1.82, 2.24) is 5.32 Å². The lowest BCUT2D eigenvalue weighted by Gasteiger charge is -2.41. The number of nitrogens with one attached hydrogen (secondary N) is 1. The first-order valence-electron chi connectivity index (χ1n) is 5.59. The highest BCUT2D eigenvalue weighted by Crippen LogP contribution is 2.50. The van der Waals surface area contributed by atoms with Gasteiger partial charge in [-0.1, -0.05) is 20.3 Å². The van der Waals surface area contributed by atoms with E-state index in [0.29, 0.717) is 5.41 Å². The van der Waals surface area contributed by atoms with Gasteiger partial charge in [-0.3, -0.25) is 0 Å². The number of hydrogen-bond acceptors (Lipinski definition) is 2. The SMILES string of the molecule is CCC1CNCCC12CSC(C)C2. The van der Waals surface area contributed by atoms with Crippen LogP contribution in [-0.4, -0.2) is 24.1 Å². The molecule has 0 aromatic heterocycles. The highest BCUT2D eigenvalue weighted by Gasteiger charge is 2.44. The van der Waals surface area contributed by atoms with E-state index < -0.39 is 0 Å². The molecule has 0 radical (unpaired) electrons. The predicted octanol–water partition coefficient (Wildman–Crippen LogP) is 2.52. The Bertz CT molecular complexity index is 179. The molecule has 3 unspecified atom stereocenters. The summed E-state index contributed by atoms with van der Waals surface area (Å²) in [4.78, 5) is 0. The molecule has 1 spiro atoms. The maximum atomic E-state index is 3.54. The Hall–Kier alpha value is 0.310. The van der Waals surface area contributed by atoms with Gasteiger partial charge in [-0.25, -0.2) is 0 Å². The summed E-state index contributed by atoms with van der Waals surface area (Å²) in [5.41, 5.74) is 0.712. The molecule has 0 bridgehead atoms. The average molecular weight is 199 g/mol. The maximum absolute atomic E-state index is 3.54. The molecule has 0 aromatic rings. The third-order valence-corrected chi connectivity index (χ3v) is 5.38. The van der Waals surface area contributed by atoms with Crippen LogP contribution in [0.15, 0.2) is 0 Å². The zero-order valence-corrected chi connectivity index (χ0v) is 9.62. The molecule has 0 aliphatic carbocycles.